The summed E-state index contributed by atoms with van der Waals surface area (Å²) in [6.07, 6.45) is 23.1. The Hall–Kier alpha value is 0.850. The van der Waals surface area contributed by atoms with E-state index in [2.05, 4.69) is 6.92 Å². The predicted octanol–water partition coefficient (Wildman–Crippen LogP) is -0.887. The Bertz CT molecular complexity index is 659. The van der Waals surface area contributed by atoms with E-state index in [1.54, 1.807) is 0 Å². The van der Waals surface area contributed by atoms with Gasteiger partial charge in [0.2, 0.25) is 0 Å². The number of hydrogen-bond donors (Lipinski definition) is 1. The SMILES string of the molecule is CCCCCCCCCCCCCCCCCCCCCCCC(CC(=O)[O-])(C(=O)[O-])S(=O)(=O)O.[Na+].[Na+]. The van der Waals surface area contributed by atoms with Gasteiger partial charge >= 0.3 is 59.1 Å². The molecule has 0 bridgehead atoms. The summed E-state index contributed by atoms with van der Waals surface area (Å²) in [4.78, 5) is 22.1. The summed E-state index contributed by atoms with van der Waals surface area (Å²) in [6.45, 7) is 2.26. The minimum absolute atomic E-state index is 0. The van der Waals surface area contributed by atoms with E-state index < -0.39 is 39.6 Å². The summed E-state index contributed by atoms with van der Waals surface area (Å²) < 4.78 is 29.5. The summed E-state index contributed by atoms with van der Waals surface area (Å²) in [7, 11) is -5.13. The van der Waals surface area contributed by atoms with Crippen molar-refractivity contribution in [3.8, 4) is 0 Å². The van der Waals surface area contributed by atoms with Crippen molar-refractivity contribution in [3.63, 3.8) is 0 Å². The van der Waals surface area contributed by atoms with Gasteiger partial charge in [0.1, 0.15) is 4.75 Å². The molecule has 0 aromatic heterocycles. The zero-order valence-corrected chi connectivity index (χ0v) is 28.9. The van der Waals surface area contributed by atoms with E-state index in [0.717, 1.165) is 25.7 Å². The van der Waals surface area contributed by atoms with Crippen LogP contribution in [-0.4, -0.2) is 29.7 Å². The largest absolute Gasteiger partial charge is 1.00 e. The Labute approximate surface area is 271 Å². The van der Waals surface area contributed by atoms with Gasteiger partial charge in [-0.1, -0.05) is 142 Å². The van der Waals surface area contributed by atoms with Crippen molar-refractivity contribution in [1.29, 1.82) is 0 Å². The first-order valence-electron chi connectivity index (χ1n) is 14.1. The quantitative estimate of drug-likeness (QED) is 0.0819. The molecule has 0 aromatic rings. The van der Waals surface area contributed by atoms with Gasteiger partial charge in [0.15, 0.2) is 0 Å². The first-order valence-corrected chi connectivity index (χ1v) is 15.5. The van der Waals surface area contributed by atoms with Crippen LogP contribution in [0.4, 0.5) is 0 Å². The summed E-state index contributed by atoms with van der Waals surface area (Å²) in [5.41, 5.74) is 0. The first kappa shape index (κ1) is 42.3. The van der Waals surface area contributed by atoms with Gasteiger partial charge < -0.3 is 19.8 Å². The van der Waals surface area contributed by atoms with Crippen molar-refractivity contribution in [3.05, 3.63) is 0 Å². The van der Waals surface area contributed by atoms with Crippen molar-refractivity contribution in [2.75, 3.05) is 0 Å². The average molecular weight is 565 g/mol. The Morgan fingerprint density at radius 1 is 0.595 bits per heavy atom. The van der Waals surface area contributed by atoms with Gasteiger partial charge in [-0.25, -0.2) is 0 Å². The van der Waals surface area contributed by atoms with Crippen LogP contribution in [0.5, 0.6) is 0 Å². The van der Waals surface area contributed by atoms with Gasteiger partial charge in [0, 0.05) is 12.4 Å². The van der Waals surface area contributed by atoms with Crippen LogP contribution < -0.4 is 69.3 Å². The predicted molar refractivity (Wildman–Crippen MR) is 136 cm³/mol. The normalized spacial score (nSPS) is 12.8. The molecule has 0 aromatic carbocycles. The molecule has 37 heavy (non-hydrogen) atoms. The zero-order valence-electron chi connectivity index (χ0n) is 24.1. The van der Waals surface area contributed by atoms with Gasteiger partial charge in [0.25, 0.3) is 10.1 Å². The summed E-state index contributed by atoms with van der Waals surface area (Å²) >= 11 is 0. The van der Waals surface area contributed by atoms with Crippen LogP contribution in [0.2, 0.25) is 0 Å². The van der Waals surface area contributed by atoms with E-state index in [4.69, 9.17) is 0 Å². The van der Waals surface area contributed by atoms with Gasteiger partial charge in [-0.2, -0.15) is 8.42 Å². The topological polar surface area (TPSA) is 135 Å². The molecule has 0 aliphatic heterocycles. The molecular formula is C27H50Na2O7S. The number of hydrogen-bond acceptors (Lipinski definition) is 6. The van der Waals surface area contributed by atoms with Crippen molar-refractivity contribution >= 4 is 22.1 Å². The van der Waals surface area contributed by atoms with E-state index in [1.165, 1.54) is 96.3 Å². The molecule has 1 unspecified atom stereocenters. The molecule has 0 aliphatic rings. The van der Waals surface area contributed by atoms with Crippen molar-refractivity contribution in [2.24, 2.45) is 0 Å². The van der Waals surface area contributed by atoms with Gasteiger partial charge in [-0.15, -0.1) is 0 Å². The molecular weight excluding hydrogens is 514 g/mol. The molecule has 0 rings (SSSR count). The Morgan fingerprint density at radius 3 is 1.08 bits per heavy atom. The minimum atomic E-state index is -5.13. The maximum atomic E-state index is 11.5. The molecule has 7 nitrogen and oxygen atoms in total. The molecule has 208 valence electrons. The van der Waals surface area contributed by atoms with Crippen molar-refractivity contribution < 1.29 is 91.9 Å². The Morgan fingerprint density at radius 2 is 0.865 bits per heavy atom. The van der Waals surface area contributed by atoms with Crippen LogP contribution in [0, 0.1) is 0 Å². The van der Waals surface area contributed by atoms with Crippen LogP contribution in [0.15, 0.2) is 0 Å². The molecule has 0 amide bonds. The third kappa shape index (κ3) is 22.2. The van der Waals surface area contributed by atoms with E-state index in [-0.39, 0.29) is 65.5 Å². The van der Waals surface area contributed by atoms with E-state index >= 15 is 0 Å². The van der Waals surface area contributed by atoms with Crippen LogP contribution in [0.25, 0.3) is 0 Å². The molecule has 0 aliphatic carbocycles. The number of aliphatic carboxylic acids is 2. The number of carbonyl (C=O) groups excluding carboxylic acids is 2. The molecule has 0 spiro atoms. The van der Waals surface area contributed by atoms with Gasteiger partial charge in [-0.3, -0.25) is 4.55 Å². The molecule has 0 saturated heterocycles. The maximum Gasteiger partial charge on any atom is 1.00 e. The number of unbranched alkanes of at least 4 members (excludes halogenated alkanes) is 20. The standard InChI is InChI=1S/C27H52O7S.2Na/c1-2-3-4-5-6-7-8-9-10-11-12-13-14-15-16-17-18-19-20-21-22-23-27(26(30)31,24-25(28)29)35(32,33)34;;/h2-24H2,1H3,(H,28,29)(H,30,31)(H,32,33,34);;/q;2*+1/p-2. The van der Waals surface area contributed by atoms with Crippen LogP contribution in [0.3, 0.4) is 0 Å². The van der Waals surface area contributed by atoms with Crippen LogP contribution >= 0.6 is 0 Å². The monoisotopic (exact) mass is 564 g/mol. The number of carboxylic acids is 2. The maximum absolute atomic E-state index is 11.5. The first-order chi connectivity index (χ1) is 16.7. The van der Waals surface area contributed by atoms with E-state index in [0.29, 0.717) is 6.42 Å². The van der Waals surface area contributed by atoms with Crippen molar-refractivity contribution in [2.45, 2.75) is 159 Å². The molecule has 1 atom stereocenters. The molecule has 0 saturated carbocycles. The number of rotatable bonds is 26. The fraction of sp³-hybridized carbons (Fsp3) is 0.926. The second-order valence-electron chi connectivity index (χ2n) is 10.1. The Balaban J connectivity index is -0.00000578. The zero-order chi connectivity index (χ0) is 26.4. The number of carboxylic acid groups (broad SMARTS) is 2. The summed E-state index contributed by atoms with van der Waals surface area (Å²) in [5.74, 6) is -3.95. The molecule has 10 heteroatoms. The van der Waals surface area contributed by atoms with Crippen LogP contribution in [-0.2, 0) is 19.7 Å². The summed E-state index contributed by atoms with van der Waals surface area (Å²) in [5, 5.41) is 22.1. The third-order valence-corrected chi connectivity index (χ3v) is 8.48. The van der Waals surface area contributed by atoms with Crippen molar-refractivity contribution in [1.82, 2.24) is 0 Å². The van der Waals surface area contributed by atoms with E-state index in [1.807, 2.05) is 0 Å². The smallest absolute Gasteiger partial charge is 0.550 e. The van der Waals surface area contributed by atoms with E-state index in [9.17, 15) is 32.8 Å². The fourth-order valence-electron chi connectivity index (χ4n) is 4.66. The average Bonchev–Trinajstić information content (AvgIpc) is 2.78. The Kier molecular flexibility index (Phi) is 30.9. The van der Waals surface area contributed by atoms with Gasteiger partial charge in [-0.05, 0) is 6.42 Å². The molecule has 0 fully saturated rings. The van der Waals surface area contributed by atoms with Crippen LogP contribution in [0.1, 0.15) is 155 Å². The number of carbonyl (C=O) groups is 2. The molecule has 0 radical (unpaired) electrons. The molecule has 0 heterocycles. The summed E-state index contributed by atoms with van der Waals surface area (Å²) in [6, 6.07) is 0. The minimum Gasteiger partial charge on any atom is -0.550 e. The second kappa shape index (κ2) is 27.0. The second-order valence-corrected chi connectivity index (χ2v) is 11.9. The fourth-order valence-corrected chi connectivity index (χ4v) is 5.58. The third-order valence-electron chi connectivity index (χ3n) is 6.98. The van der Waals surface area contributed by atoms with Gasteiger partial charge in [0.05, 0.1) is 5.97 Å². The molecule has 1 N–H and O–H groups in total.